The second kappa shape index (κ2) is 5.36. The van der Waals surface area contributed by atoms with Gasteiger partial charge in [-0.15, -0.1) is 0 Å². The lowest BCUT2D eigenvalue weighted by Crippen LogP contribution is -1.88. The summed E-state index contributed by atoms with van der Waals surface area (Å²) in [5, 5.41) is 0. The zero-order valence-corrected chi connectivity index (χ0v) is 13.0. The van der Waals surface area contributed by atoms with Crippen LogP contribution in [0.5, 0.6) is 0 Å². The van der Waals surface area contributed by atoms with Crippen molar-refractivity contribution in [3.8, 4) is 11.1 Å². The van der Waals surface area contributed by atoms with Crippen LogP contribution >= 0.6 is 31.9 Å². The Morgan fingerprint density at radius 1 is 0.882 bits per heavy atom. The summed E-state index contributed by atoms with van der Waals surface area (Å²) >= 11 is 7.08. The number of hydrogen-bond donors (Lipinski definition) is 0. The van der Waals surface area contributed by atoms with Crippen LogP contribution in [0.3, 0.4) is 0 Å². The highest BCUT2D eigenvalue weighted by Gasteiger charge is 2.07. The highest BCUT2D eigenvalue weighted by molar-refractivity contribution is 9.24. The maximum absolute atomic E-state index is 3.54. The van der Waals surface area contributed by atoms with E-state index < -0.39 is 0 Å². The van der Waals surface area contributed by atoms with Crippen LogP contribution in [-0.4, -0.2) is 0 Å². The quantitative estimate of drug-likeness (QED) is 0.602. The van der Waals surface area contributed by atoms with E-state index in [2.05, 4.69) is 88.2 Å². The fourth-order valence-corrected chi connectivity index (χ4v) is 2.95. The summed E-state index contributed by atoms with van der Waals surface area (Å²) in [4.78, 5) is 0. The molecule has 0 saturated heterocycles. The van der Waals surface area contributed by atoms with Crippen LogP contribution in [0.15, 0.2) is 42.5 Å². The minimum atomic E-state index is 0.224. The SMILES string of the molecule is Cc1cccc(-c2ccc(C(Br)Br)c(C)c2)c1. The topological polar surface area (TPSA) is 0 Å². The fraction of sp³-hybridized carbons (Fsp3) is 0.200. The van der Waals surface area contributed by atoms with E-state index in [1.807, 2.05) is 0 Å². The third kappa shape index (κ3) is 2.99. The van der Waals surface area contributed by atoms with Crippen molar-refractivity contribution in [2.75, 3.05) is 0 Å². The number of hydrogen-bond acceptors (Lipinski definition) is 0. The third-order valence-corrected chi connectivity index (χ3v) is 3.84. The standard InChI is InChI=1S/C15H14Br2/c1-10-4-3-5-12(8-10)13-6-7-14(15(16)17)11(2)9-13/h3-9,15H,1-2H3. The van der Waals surface area contributed by atoms with Gasteiger partial charge in [-0.1, -0.05) is 79.9 Å². The smallest absolute Gasteiger partial charge is 0.0712 e. The van der Waals surface area contributed by atoms with Crippen molar-refractivity contribution in [3.63, 3.8) is 0 Å². The number of benzene rings is 2. The molecular weight excluding hydrogens is 340 g/mol. The Hall–Kier alpha value is -0.600. The minimum Gasteiger partial charge on any atom is -0.0712 e. The number of rotatable bonds is 2. The Kier molecular flexibility index (Phi) is 4.05. The van der Waals surface area contributed by atoms with E-state index in [0.717, 1.165) is 0 Å². The van der Waals surface area contributed by atoms with E-state index in [9.17, 15) is 0 Å². The molecule has 0 unspecified atom stereocenters. The van der Waals surface area contributed by atoms with E-state index in [1.54, 1.807) is 0 Å². The highest BCUT2D eigenvalue weighted by atomic mass is 79.9. The number of alkyl halides is 2. The molecular formula is C15H14Br2. The molecule has 0 heterocycles. The molecule has 0 aliphatic carbocycles. The third-order valence-electron chi connectivity index (χ3n) is 2.86. The van der Waals surface area contributed by atoms with Crippen LogP contribution in [0.4, 0.5) is 0 Å². The first-order chi connectivity index (χ1) is 8.08. The minimum absolute atomic E-state index is 0.224. The van der Waals surface area contributed by atoms with Crippen molar-refractivity contribution in [1.29, 1.82) is 0 Å². The Morgan fingerprint density at radius 2 is 1.59 bits per heavy atom. The summed E-state index contributed by atoms with van der Waals surface area (Å²) in [6.07, 6.45) is 0. The van der Waals surface area contributed by atoms with Gasteiger partial charge < -0.3 is 0 Å². The van der Waals surface area contributed by atoms with Gasteiger partial charge in [0.25, 0.3) is 0 Å². The van der Waals surface area contributed by atoms with Gasteiger partial charge in [-0.3, -0.25) is 0 Å². The lowest BCUT2D eigenvalue weighted by atomic mass is 9.99. The zero-order chi connectivity index (χ0) is 12.4. The molecule has 2 heteroatoms. The van der Waals surface area contributed by atoms with Crippen molar-refractivity contribution in [3.05, 3.63) is 59.2 Å². The van der Waals surface area contributed by atoms with Gasteiger partial charge in [0, 0.05) is 0 Å². The van der Waals surface area contributed by atoms with Crippen molar-refractivity contribution >= 4 is 31.9 Å². The Balaban J connectivity index is 2.44. The van der Waals surface area contributed by atoms with E-state index in [1.165, 1.54) is 27.8 Å². The molecule has 17 heavy (non-hydrogen) atoms. The van der Waals surface area contributed by atoms with Crippen LogP contribution < -0.4 is 0 Å². The van der Waals surface area contributed by atoms with Crippen molar-refractivity contribution in [2.24, 2.45) is 0 Å². The summed E-state index contributed by atoms with van der Waals surface area (Å²) in [5.74, 6) is 0. The van der Waals surface area contributed by atoms with Gasteiger partial charge in [-0.05, 0) is 36.1 Å². The molecule has 0 amide bonds. The van der Waals surface area contributed by atoms with E-state index >= 15 is 0 Å². The van der Waals surface area contributed by atoms with Gasteiger partial charge >= 0.3 is 0 Å². The fourth-order valence-electron chi connectivity index (χ4n) is 1.92. The first kappa shape index (κ1) is 12.8. The van der Waals surface area contributed by atoms with Gasteiger partial charge in [0.05, 0.1) is 3.74 Å². The van der Waals surface area contributed by atoms with E-state index in [4.69, 9.17) is 0 Å². The molecule has 0 aliphatic heterocycles. The second-order valence-electron chi connectivity index (χ2n) is 4.24. The molecule has 2 rings (SSSR count). The van der Waals surface area contributed by atoms with Crippen molar-refractivity contribution in [2.45, 2.75) is 17.6 Å². The molecule has 0 spiro atoms. The maximum Gasteiger partial charge on any atom is 0.0949 e. The predicted octanol–water partition coefficient (Wildman–Crippen LogP) is 5.76. The lowest BCUT2D eigenvalue weighted by molar-refractivity contribution is 1.31. The Morgan fingerprint density at radius 3 is 2.18 bits per heavy atom. The van der Waals surface area contributed by atoms with Gasteiger partial charge in [0.2, 0.25) is 0 Å². The summed E-state index contributed by atoms with van der Waals surface area (Å²) in [6.45, 7) is 4.27. The molecule has 0 N–H and O–H groups in total. The Labute approximate surface area is 119 Å². The number of halogens is 2. The van der Waals surface area contributed by atoms with Crippen LogP contribution in [0.1, 0.15) is 20.4 Å². The van der Waals surface area contributed by atoms with Crippen LogP contribution in [-0.2, 0) is 0 Å². The molecule has 88 valence electrons. The molecule has 0 aromatic heterocycles. The first-order valence-corrected chi connectivity index (χ1v) is 7.37. The van der Waals surface area contributed by atoms with E-state index in [-0.39, 0.29) is 3.74 Å². The molecule has 0 atom stereocenters. The molecule has 0 radical (unpaired) electrons. The average Bonchev–Trinajstić information content (AvgIpc) is 2.28. The highest BCUT2D eigenvalue weighted by Crippen LogP contribution is 2.33. The second-order valence-corrected chi connectivity index (χ2v) is 7.30. The van der Waals surface area contributed by atoms with Gasteiger partial charge in [-0.2, -0.15) is 0 Å². The van der Waals surface area contributed by atoms with E-state index in [0.29, 0.717) is 0 Å². The maximum atomic E-state index is 3.54. The average molecular weight is 354 g/mol. The normalized spacial score (nSPS) is 10.9. The molecule has 0 aliphatic rings. The molecule has 0 bridgehead atoms. The van der Waals surface area contributed by atoms with Crippen molar-refractivity contribution in [1.82, 2.24) is 0 Å². The molecule has 2 aromatic carbocycles. The van der Waals surface area contributed by atoms with Crippen molar-refractivity contribution < 1.29 is 0 Å². The molecule has 0 saturated carbocycles. The van der Waals surface area contributed by atoms with Crippen LogP contribution in [0.25, 0.3) is 11.1 Å². The summed E-state index contributed by atoms with van der Waals surface area (Å²) < 4.78 is 0.224. The Bertz CT molecular complexity index is 530. The molecule has 0 fully saturated rings. The largest absolute Gasteiger partial charge is 0.0949 e. The van der Waals surface area contributed by atoms with Crippen LogP contribution in [0.2, 0.25) is 0 Å². The predicted molar refractivity (Wildman–Crippen MR) is 81.9 cm³/mol. The van der Waals surface area contributed by atoms with Gasteiger partial charge in [0.1, 0.15) is 0 Å². The van der Waals surface area contributed by atoms with Gasteiger partial charge in [-0.25, -0.2) is 0 Å². The van der Waals surface area contributed by atoms with Crippen LogP contribution in [0, 0.1) is 13.8 Å². The monoisotopic (exact) mass is 352 g/mol. The first-order valence-electron chi connectivity index (χ1n) is 5.53. The zero-order valence-electron chi connectivity index (χ0n) is 9.87. The molecule has 0 nitrogen and oxygen atoms in total. The number of aryl methyl sites for hydroxylation is 2. The summed E-state index contributed by atoms with van der Waals surface area (Å²) in [6, 6.07) is 15.2. The summed E-state index contributed by atoms with van der Waals surface area (Å²) in [5.41, 5.74) is 6.42. The lowest BCUT2D eigenvalue weighted by Gasteiger charge is -2.10. The molecule has 2 aromatic rings. The van der Waals surface area contributed by atoms with Gasteiger partial charge in [0.15, 0.2) is 0 Å². The summed E-state index contributed by atoms with van der Waals surface area (Å²) in [7, 11) is 0.